The van der Waals surface area contributed by atoms with E-state index in [0.29, 0.717) is 0 Å². The van der Waals surface area contributed by atoms with E-state index in [1.165, 1.54) is 0 Å². The maximum absolute atomic E-state index is 15.0. The second-order valence-electron chi connectivity index (χ2n) is 5.23. The van der Waals surface area contributed by atoms with E-state index in [-0.39, 0.29) is 12.2 Å². The van der Waals surface area contributed by atoms with E-state index >= 15 is 0 Å². The lowest BCUT2D eigenvalue weighted by molar-refractivity contribution is -0.325. The predicted octanol–water partition coefficient (Wildman–Crippen LogP) is 5.92. The lowest BCUT2D eigenvalue weighted by atomic mass is 9.81. The molecule has 0 aromatic carbocycles. The Kier molecular flexibility index (Phi) is 4.65. The van der Waals surface area contributed by atoms with Crippen molar-refractivity contribution in [2.75, 3.05) is 0 Å². The minimum absolute atomic E-state index is 0.264. The quantitative estimate of drug-likeness (QED) is 0.448. The number of nitrogens with zero attached hydrogens (tertiary/aromatic N) is 1. The largest absolute Gasteiger partial charge is 0.435 e. The van der Waals surface area contributed by atoms with E-state index < -0.39 is 52.2 Å². The van der Waals surface area contributed by atoms with Crippen molar-refractivity contribution in [1.29, 1.82) is 0 Å². The molecule has 0 bridgehead atoms. The molecule has 0 aliphatic heterocycles. The number of halogens is 10. The number of rotatable bonds is 2. The van der Waals surface area contributed by atoms with Gasteiger partial charge in [-0.05, 0) is 18.2 Å². The minimum Gasteiger partial charge on any atom is -0.244 e. The monoisotopic (exact) mass is 395 g/mol. The molecule has 1 aromatic heterocycles. The van der Waals surface area contributed by atoms with Gasteiger partial charge in [-0.15, -0.1) is 0 Å². The molecule has 0 amide bonds. The predicted molar refractivity (Wildman–Crippen MR) is 69.9 cm³/mol. The van der Waals surface area contributed by atoms with Gasteiger partial charge < -0.3 is 0 Å². The number of alkyl halides is 8. The normalized spacial score (nSPS) is 22.5. The smallest absolute Gasteiger partial charge is 0.244 e. The van der Waals surface area contributed by atoms with E-state index in [4.69, 9.17) is 11.6 Å². The van der Waals surface area contributed by atoms with Crippen LogP contribution in [0.1, 0.15) is 12.0 Å². The van der Waals surface area contributed by atoms with Gasteiger partial charge in [-0.1, -0.05) is 17.7 Å². The third-order valence-corrected chi connectivity index (χ3v) is 3.81. The average molecular weight is 396 g/mol. The zero-order valence-corrected chi connectivity index (χ0v) is 12.6. The first kappa shape index (κ1) is 19.6. The Hall–Kier alpha value is -1.71. The molecule has 1 heterocycles. The summed E-state index contributed by atoms with van der Waals surface area (Å²) in [7, 11) is 0. The van der Waals surface area contributed by atoms with Crippen LogP contribution in [0.4, 0.5) is 39.5 Å². The molecule has 0 radical (unpaired) electrons. The molecule has 1 atom stereocenters. The van der Waals surface area contributed by atoms with E-state index in [1.54, 1.807) is 0 Å². The Bertz CT molecular complexity index is 721. The molecule has 138 valence electrons. The highest BCUT2D eigenvalue weighted by Crippen LogP contribution is 2.54. The third-order valence-electron chi connectivity index (χ3n) is 3.51. The molecule has 1 nitrogen and oxygen atoms in total. The topological polar surface area (TPSA) is 12.9 Å². The average Bonchev–Trinajstić information content (AvgIpc) is 2.43. The number of pyridine rings is 1. The molecule has 1 aliphatic rings. The molecule has 11 heteroatoms. The van der Waals surface area contributed by atoms with Crippen LogP contribution in [0, 0.1) is 0 Å². The lowest BCUT2D eigenvalue weighted by Gasteiger charge is -2.35. The van der Waals surface area contributed by atoms with Crippen LogP contribution in [0.3, 0.4) is 0 Å². The SMILES string of the molecule is FC1=CC(C(F)(C(F)(F)F)C(F)(F)F)=CC(F)(c2cccnc2Cl)C1. The highest BCUT2D eigenvalue weighted by molar-refractivity contribution is 6.30. The van der Waals surface area contributed by atoms with Crippen molar-refractivity contribution < 1.29 is 39.5 Å². The van der Waals surface area contributed by atoms with Crippen molar-refractivity contribution >= 4 is 11.6 Å². The van der Waals surface area contributed by atoms with E-state index in [1.807, 2.05) is 0 Å². The second kappa shape index (κ2) is 5.93. The Balaban J connectivity index is 2.71. The fourth-order valence-corrected chi connectivity index (χ4v) is 2.64. The summed E-state index contributed by atoms with van der Waals surface area (Å²) in [5.41, 5.74) is -12.1. The van der Waals surface area contributed by atoms with Crippen molar-refractivity contribution in [2.45, 2.75) is 30.1 Å². The fraction of sp³-hybridized carbons (Fsp3) is 0.357. The zero-order valence-electron chi connectivity index (χ0n) is 11.8. The van der Waals surface area contributed by atoms with E-state index in [2.05, 4.69) is 4.98 Å². The van der Waals surface area contributed by atoms with Crippen LogP contribution in [-0.2, 0) is 5.67 Å². The van der Waals surface area contributed by atoms with Crippen LogP contribution in [0.25, 0.3) is 0 Å². The van der Waals surface area contributed by atoms with Gasteiger partial charge in [0.15, 0.2) is 5.67 Å². The molecule has 25 heavy (non-hydrogen) atoms. The van der Waals surface area contributed by atoms with Crippen molar-refractivity contribution in [1.82, 2.24) is 4.98 Å². The molecule has 0 saturated carbocycles. The Labute approximate surface area is 139 Å². The third kappa shape index (κ3) is 3.23. The Morgan fingerprint density at radius 1 is 1.04 bits per heavy atom. The maximum Gasteiger partial charge on any atom is 0.435 e. The van der Waals surface area contributed by atoms with E-state index in [9.17, 15) is 39.5 Å². The zero-order chi connectivity index (χ0) is 19.3. The minimum atomic E-state index is -6.50. The number of allylic oxidation sites excluding steroid dienone is 4. The maximum atomic E-state index is 15.0. The van der Waals surface area contributed by atoms with Crippen LogP contribution in [-0.4, -0.2) is 23.0 Å². The van der Waals surface area contributed by atoms with Crippen molar-refractivity contribution in [3.05, 3.63) is 52.6 Å². The van der Waals surface area contributed by atoms with Gasteiger partial charge in [-0.2, -0.15) is 26.3 Å². The van der Waals surface area contributed by atoms with Crippen molar-refractivity contribution in [3.63, 3.8) is 0 Å². The molecule has 1 unspecified atom stereocenters. The number of aromatic nitrogens is 1. The van der Waals surface area contributed by atoms with Gasteiger partial charge in [-0.25, -0.2) is 18.2 Å². The van der Waals surface area contributed by atoms with Gasteiger partial charge in [0, 0.05) is 23.8 Å². The van der Waals surface area contributed by atoms with Gasteiger partial charge in [-0.3, -0.25) is 0 Å². The number of hydrogen-bond acceptors (Lipinski definition) is 1. The van der Waals surface area contributed by atoms with Gasteiger partial charge in [0.05, 0.1) is 0 Å². The van der Waals surface area contributed by atoms with Gasteiger partial charge >= 0.3 is 18.0 Å². The van der Waals surface area contributed by atoms with Crippen LogP contribution >= 0.6 is 11.6 Å². The lowest BCUT2D eigenvalue weighted by Crippen LogP contribution is -2.55. The molecule has 0 saturated heterocycles. The highest BCUT2D eigenvalue weighted by atomic mass is 35.5. The van der Waals surface area contributed by atoms with Crippen LogP contribution in [0.2, 0.25) is 5.15 Å². The summed E-state index contributed by atoms with van der Waals surface area (Å²) in [5.74, 6) is -1.71. The summed E-state index contributed by atoms with van der Waals surface area (Å²) in [5, 5.41) is -0.612. The summed E-state index contributed by atoms with van der Waals surface area (Å²) >= 11 is 5.58. The van der Waals surface area contributed by atoms with Crippen LogP contribution in [0.15, 0.2) is 41.9 Å². The summed E-state index contributed by atoms with van der Waals surface area (Å²) < 4.78 is 120. The Morgan fingerprint density at radius 3 is 2.08 bits per heavy atom. The summed E-state index contributed by atoms with van der Waals surface area (Å²) in [6.07, 6.45) is -13.8. The molecule has 1 aliphatic carbocycles. The molecule has 2 rings (SSSR count). The van der Waals surface area contributed by atoms with E-state index in [0.717, 1.165) is 18.3 Å². The van der Waals surface area contributed by atoms with Gasteiger partial charge in [0.2, 0.25) is 0 Å². The molecule has 1 aromatic rings. The second-order valence-corrected chi connectivity index (χ2v) is 5.58. The summed E-state index contributed by atoms with van der Waals surface area (Å²) in [6, 6.07) is 1.98. The first-order valence-electron chi connectivity index (χ1n) is 6.44. The molecular formula is C14H7ClF9N. The van der Waals surface area contributed by atoms with Crippen LogP contribution < -0.4 is 0 Å². The van der Waals surface area contributed by atoms with Gasteiger partial charge in [0.1, 0.15) is 11.0 Å². The number of hydrogen-bond donors (Lipinski definition) is 0. The summed E-state index contributed by atoms with van der Waals surface area (Å²) in [4.78, 5) is 3.43. The first-order chi connectivity index (χ1) is 11.2. The molecule has 0 fully saturated rings. The Morgan fingerprint density at radius 2 is 1.60 bits per heavy atom. The summed E-state index contributed by atoms with van der Waals surface area (Å²) in [6.45, 7) is 0. The first-order valence-corrected chi connectivity index (χ1v) is 6.82. The highest BCUT2D eigenvalue weighted by Gasteiger charge is 2.74. The van der Waals surface area contributed by atoms with Crippen LogP contribution in [0.5, 0.6) is 0 Å². The van der Waals surface area contributed by atoms with Crippen molar-refractivity contribution in [2.24, 2.45) is 0 Å². The van der Waals surface area contributed by atoms with Crippen molar-refractivity contribution in [3.8, 4) is 0 Å². The van der Waals surface area contributed by atoms with Gasteiger partial charge in [0.25, 0.3) is 0 Å². The molecule has 0 spiro atoms. The standard InChI is InChI=1S/C14H7ClF9N/c15-10-9(2-1-3-25-10)11(17)5-7(4-8(16)6-11)12(18,13(19,20)21)14(22,23)24/h1-5H,6H2. The molecule has 0 N–H and O–H groups in total. The fourth-order valence-electron chi connectivity index (χ4n) is 2.36. The molecular weight excluding hydrogens is 389 g/mol.